The summed E-state index contributed by atoms with van der Waals surface area (Å²) < 4.78 is 37.0. The zero-order valence-corrected chi connectivity index (χ0v) is 20.0. The number of sulfonamides is 1. The topological polar surface area (TPSA) is 129 Å². The van der Waals surface area contributed by atoms with Gasteiger partial charge >= 0.3 is 5.97 Å². The molecule has 1 fully saturated rings. The van der Waals surface area contributed by atoms with Crippen LogP contribution in [0.25, 0.3) is 0 Å². The first kappa shape index (κ1) is 24.7. The van der Waals surface area contributed by atoms with E-state index < -0.39 is 28.0 Å². The Kier molecular flexibility index (Phi) is 7.70. The van der Waals surface area contributed by atoms with Crippen molar-refractivity contribution >= 4 is 43.9 Å². The standard InChI is InChI=1S/C21H24N4O6S2/c1-14(19(26)23-20-15(13-22)6-11-32-20)31-21(27)17-12-16(33(28,29)24(2)3)4-5-18(17)25-7-9-30-10-8-25/h4-6,11-12,14H,7-10H2,1-3H3,(H,23,26)/t14-/m0/s1. The Morgan fingerprint density at radius 2 is 1.97 bits per heavy atom. The van der Waals surface area contributed by atoms with E-state index in [2.05, 4.69) is 5.32 Å². The fourth-order valence-electron chi connectivity index (χ4n) is 3.12. The summed E-state index contributed by atoms with van der Waals surface area (Å²) in [5.41, 5.74) is 0.843. The van der Waals surface area contributed by atoms with Crippen molar-refractivity contribution in [3.63, 3.8) is 0 Å². The van der Waals surface area contributed by atoms with Crippen LogP contribution in [0, 0.1) is 11.3 Å². The number of amides is 1. The summed E-state index contributed by atoms with van der Waals surface area (Å²) in [6.07, 6.45) is -1.18. The molecule has 2 heterocycles. The van der Waals surface area contributed by atoms with Crippen LogP contribution in [0.5, 0.6) is 0 Å². The molecule has 1 atom stereocenters. The average Bonchev–Trinajstić information content (AvgIpc) is 3.26. The number of carbonyl (C=O) groups is 2. The maximum Gasteiger partial charge on any atom is 0.341 e. The maximum absolute atomic E-state index is 13.1. The van der Waals surface area contributed by atoms with Crippen molar-refractivity contribution in [2.45, 2.75) is 17.9 Å². The number of carbonyl (C=O) groups excluding carboxylic acids is 2. The van der Waals surface area contributed by atoms with Crippen LogP contribution in [0.2, 0.25) is 0 Å². The van der Waals surface area contributed by atoms with Crippen molar-refractivity contribution in [2.24, 2.45) is 0 Å². The van der Waals surface area contributed by atoms with Gasteiger partial charge in [-0.25, -0.2) is 17.5 Å². The molecule has 10 nitrogen and oxygen atoms in total. The lowest BCUT2D eigenvalue weighted by Crippen LogP contribution is -2.37. The summed E-state index contributed by atoms with van der Waals surface area (Å²) >= 11 is 1.18. The molecule has 1 amide bonds. The van der Waals surface area contributed by atoms with E-state index in [1.165, 1.54) is 44.5 Å². The summed E-state index contributed by atoms with van der Waals surface area (Å²) in [5, 5.41) is 13.7. The molecule has 0 saturated carbocycles. The number of morpholine rings is 1. The van der Waals surface area contributed by atoms with Gasteiger partial charge in [0, 0.05) is 27.2 Å². The maximum atomic E-state index is 13.1. The number of hydrogen-bond acceptors (Lipinski definition) is 9. The third-order valence-corrected chi connectivity index (χ3v) is 7.63. The van der Waals surface area contributed by atoms with E-state index in [-0.39, 0.29) is 10.5 Å². The predicted molar refractivity (Wildman–Crippen MR) is 123 cm³/mol. The van der Waals surface area contributed by atoms with E-state index in [1.54, 1.807) is 17.5 Å². The second-order valence-electron chi connectivity index (χ2n) is 7.38. The van der Waals surface area contributed by atoms with Crippen LogP contribution in [-0.4, -0.2) is 71.1 Å². The van der Waals surface area contributed by atoms with Gasteiger partial charge in [0.2, 0.25) is 10.0 Å². The molecule has 0 aliphatic carbocycles. The summed E-state index contributed by atoms with van der Waals surface area (Å²) in [6.45, 7) is 3.37. The fourth-order valence-corrected chi connectivity index (χ4v) is 4.78. The normalized spacial score (nSPS) is 15.1. The highest BCUT2D eigenvalue weighted by Crippen LogP contribution is 2.28. The Morgan fingerprint density at radius 1 is 1.27 bits per heavy atom. The van der Waals surface area contributed by atoms with E-state index in [0.29, 0.717) is 42.6 Å². The summed E-state index contributed by atoms with van der Waals surface area (Å²) in [6, 6.07) is 7.81. The van der Waals surface area contributed by atoms with Gasteiger partial charge in [0.25, 0.3) is 5.91 Å². The molecular formula is C21H24N4O6S2. The minimum absolute atomic E-state index is 0.0355. The van der Waals surface area contributed by atoms with Gasteiger partial charge in [0.1, 0.15) is 11.1 Å². The van der Waals surface area contributed by atoms with Gasteiger partial charge in [-0.05, 0) is 36.6 Å². The number of hydrogen-bond donors (Lipinski definition) is 1. The second kappa shape index (κ2) is 10.3. The predicted octanol–water partition coefficient (Wildman–Crippen LogP) is 1.89. The molecule has 1 N–H and O–H groups in total. The zero-order valence-electron chi connectivity index (χ0n) is 18.4. The highest BCUT2D eigenvalue weighted by molar-refractivity contribution is 7.89. The molecule has 1 aliphatic rings. The van der Waals surface area contributed by atoms with E-state index in [4.69, 9.17) is 14.7 Å². The summed E-state index contributed by atoms with van der Waals surface area (Å²) in [4.78, 5) is 27.4. The van der Waals surface area contributed by atoms with E-state index in [9.17, 15) is 18.0 Å². The van der Waals surface area contributed by atoms with Crippen LogP contribution >= 0.6 is 11.3 Å². The van der Waals surface area contributed by atoms with Crippen LogP contribution in [0.1, 0.15) is 22.8 Å². The third-order valence-electron chi connectivity index (χ3n) is 4.99. The number of esters is 1. The van der Waals surface area contributed by atoms with Gasteiger partial charge in [-0.1, -0.05) is 0 Å². The van der Waals surface area contributed by atoms with Crippen molar-refractivity contribution in [2.75, 3.05) is 50.6 Å². The Labute approximate surface area is 196 Å². The van der Waals surface area contributed by atoms with Crippen molar-refractivity contribution in [3.8, 4) is 6.07 Å². The zero-order chi connectivity index (χ0) is 24.2. The molecule has 1 aliphatic heterocycles. The SMILES string of the molecule is C[C@H](OC(=O)c1cc(S(=O)(=O)N(C)C)ccc1N1CCOCC1)C(=O)Nc1sccc1C#N. The minimum atomic E-state index is -3.79. The molecule has 0 bridgehead atoms. The van der Waals surface area contributed by atoms with E-state index in [0.717, 1.165) is 4.31 Å². The molecule has 176 valence electrons. The van der Waals surface area contributed by atoms with Gasteiger partial charge in [-0.2, -0.15) is 5.26 Å². The smallest absolute Gasteiger partial charge is 0.341 e. The first-order valence-corrected chi connectivity index (χ1v) is 12.4. The minimum Gasteiger partial charge on any atom is -0.449 e. The number of nitriles is 1. The van der Waals surface area contributed by atoms with Crippen LogP contribution in [0.3, 0.4) is 0 Å². The first-order valence-electron chi connectivity index (χ1n) is 10.0. The fraction of sp³-hybridized carbons (Fsp3) is 0.381. The molecule has 33 heavy (non-hydrogen) atoms. The highest BCUT2D eigenvalue weighted by atomic mass is 32.2. The van der Waals surface area contributed by atoms with Crippen molar-refractivity contribution < 1.29 is 27.5 Å². The van der Waals surface area contributed by atoms with Crippen LogP contribution < -0.4 is 10.2 Å². The number of nitrogens with zero attached hydrogens (tertiary/aromatic N) is 3. The van der Waals surface area contributed by atoms with Crippen molar-refractivity contribution in [1.82, 2.24) is 4.31 Å². The number of ether oxygens (including phenoxy) is 2. The van der Waals surface area contributed by atoms with Gasteiger partial charge in [-0.15, -0.1) is 11.3 Å². The molecule has 0 unspecified atom stereocenters. The molecule has 2 aromatic rings. The lowest BCUT2D eigenvalue weighted by Gasteiger charge is -2.30. The van der Waals surface area contributed by atoms with Crippen molar-refractivity contribution in [3.05, 3.63) is 40.8 Å². The number of thiophene rings is 1. The largest absolute Gasteiger partial charge is 0.449 e. The van der Waals surface area contributed by atoms with E-state index in [1.807, 2.05) is 11.0 Å². The molecule has 0 radical (unpaired) electrons. The summed E-state index contributed by atoms with van der Waals surface area (Å²) in [5.74, 6) is -1.44. The molecule has 1 aromatic heterocycles. The monoisotopic (exact) mass is 492 g/mol. The number of anilines is 2. The molecule has 1 aromatic carbocycles. The molecule has 0 spiro atoms. The highest BCUT2D eigenvalue weighted by Gasteiger charge is 2.27. The average molecular weight is 493 g/mol. The Hall–Kier alpha value is -2.98. The Bertz CT molecular complexity index is 1180. The lowest BCUT2D eigenvalue weighted by molar-refractivity contribution is -0.123. The number of rotatable bonds is 7. The third kappa shape index (κ3) is 5.51. The second-order valence-corrected chi connectivity index (χ2v) is 10.4. The first-order chi connectivity index (χ1) is 15.6. The molecule has 3 rings (SSSR count). The quantitative estimate of drug-likeness (QED) is 0.580. The Balaban J connectivity index is 1.87. The van der Waals surface area contributed by atoms with E-state index >= 15 is 0 Å². The van der Waals surface area contributed by atoms with Crippen LogP contribution in [0.15, 0.2) is 34.5 Å². The number of nitrogens with one attached hydrogen (secondary N) is 1. The van der Waals surface area contributed by atoms with Gasteiger partial charge in [0.05, 0.1) is 34.9 Å². The summed E-state index contributed by atoms with van der Waals surface area (Å²) in [7, 11) is -0.996. The Morgan fingerprint density at radius 3 is 2.61 bits per heavy atom. The molecular weight excluding hydrogens is 468 g/mol. The van der Waals surface area contributed by atoms with Crippen LogP contribution in [-0.2, 0) is 24.3 Å². The molecule has 1 saturated heterocycles. The van der Waals surface area contributed by atoms with Gasteiger partial charge in [0.15, 0.2) is 6.10 Å². The number of benzene rings is 1. The lowest BCUT2D eigenvalue weighted by atomic mass is 10.1. The van der Waals surface area contributed by atoms with Crippen LogP contribution in [0.4, 0.5) is 10.7 Å². The van der Waals surface area contributed by atoms with Gasteiger partial charge < -0.3 is 19.7 Å². The molecule has 12 heteroatoms. The van der Waals surface area contributed by atoms with Crippen molar-refractivity contribution in [1.29, 1.82) is 5.26 Å². The van der Waals surface area contributed by atoms with Gasteiger partial charge in [-0.3, -0.25) is 4.79 Å².